The van der Waals surface area contributed by atoms with Crippen LogP contribution in [0.1, 0.15) is 37.7 Å². The van der Waals surface area contributed by atoms with Gasteiger partial charge in [0.15, 0.2) is 0 Å². The van der Waals surface area contributed by atoms with Gasteiger partial charge in [-0.15, -0.1) is 0 Å². The molecule has 0 spiro atoms. The van der Waals surface area contributed by atoms with E-state index in [-0.39, 0.29) is 6.10 Å². The Hall–Kier alpha value is -2.88. The summed E-state index contributed by atoms with van der Waals surface area (Å²) in [5.41, 5.74) is 4.58. The fourth-order valence-corrected chi connectivity index (χ4v) is 4.58. The average molecular weight is 401 g/mol. The molecule has 5 rings (SSSR count). The lowest BCUT2D eigenvalue weighted by atomic mass is 9.84. The number of piperidine rings is 1. The summed E-state index contributed by atoms with van der Waals surface area (Å²) in [6.45, 7) is 3.79. The number of fused-ring (bicyclic) bond motifs is 1. The number of hydrogen-bond acceptors (Lipinski definition) is 3. The Balaban J connectivity index is 1.23. The van der Waals surface area contributed by atoms with Crippen LogP contribution in [0.15, 0.2) is 54.7 Å². The van der Waals surface area contributed by atoms with Gasteiger partial charge in [0.05, 0.1) is 5.52 Å². The van der Waals surface area contributed by atoms with Crippen molar-refractivity contribution in [3.8, 4) is 16.9 Å². The van der Waals surface area contributed by atoms with E-state index in [9.17, 15) is 4.79 Å². The van der Waals surface area contributed by atoms with Crippen LogP contribution in [0.2, 0.25) is 0 Å². The number of carbonyl (C=O) groups excluding carboxylic acids is 1. The van der Waals surface area contributed by atoms with Crippen LogP contribution in [0.4, 0.5) is 0 Å². The molecular formula is C26H28N2O2. The van der Waals surface area contributed by atoms with E-state index >= 15 is 0 Å². The van der Waals surface area contributed by atoms with Gasteiger partial charge in [-0.25, -0.2) is 0 Å². The van der Waals surface area contributed by atoms with Gasteiger partial charge >= 0.3 is 0 Å². The molecule has 1 aliphatic carbocycles. The first-order chi connectivity index (χ1) is 14.7. The molecule has 1 saturated carbocycles. The molecule has 1 saturated heterocycles. The number of aryl methyl sites for hydroxylation is 1. The van der Waals surface area contributed by atoms with Gasteiger partial charge < -0.3 is 9.64 Å². The molecule has 1 aliphatic heterocycles. The van der Waals surface area contributed by atoms with Crippen molar-refractivity contribution in [3.63, 3.8) is 0 Å². The molecular weight excluding hydrogens is 372 g/mol. The second kappa shape index (κ2) is 8.10. The number of hydrogen-bond donors (Lipinski definition) is 0. The summed E-state index contributed by atoms with van der Waals surface area (Å²) in [6.07, 6.45) is 7.33. The Labute approximate surface area is 177 Å². The summed E-state index contributed by atoms with van der Waals surface area (Å²) in [4.78, 5) is 19.1. The lowest BCUT2D eigenvalue weighted by Gasteiger charge is -2.36. The number of amides is 1. The highest BCUT2D eigenvalue weighted by molar-refractivity contribution is 5.88. The number of pyridine rings is 1. The molecule has 154 valence electrons. The lowest BCUT2D eigenvalue weighted by molar-refractivity contribution is -0.140. The Kier molecular flexibility index (Phi) is 5.16. The normalized spacial score (nSPS) is 17.7. The maximum Gasteiger partial charge on any atom is 0.225 e. The third-order valence-electron chi connectivity index (χ3n) is 6.72. The standard InChI is InChI=1S/C26H28N2O2/c1-18-23-7-2-3-8-25(23)27-17-24(18)19-9-11-21(12-10-19)30-22-13-15-28(16-14-22)26(29)20-5-4-6-20/h2-3,7-12,17,20,22H,4-6,13-16H2,1H3. The molecule has 0 radical (unpaired) electrons. The first kappa shape index (κ1) is 19.1. The molecule has 4 nitrogen and oxygen atoms in total. The highest BCUT2D eigenvalue weighted by Gasteiger charge is 2.32. The first-order valence-electron chi connectivity index (χ1n) is 11.1. The van der Waals surface area contributed by atoms with Crippen molar-refractivity contribution in [3.05, 3.63) is 60.3 Å². The van der Waals surface area contributed by atoms with Crippen LogP contribution in [0, 0.1) is 12.8 Å². The number of nitrogens with zero attached hydrogens (tertiary/aromatic N) is 2. The van der Waals surface area contributed by atoms with Crippen LogP contribution in [0.25, 0.3) is 22.0 Å². The topological polar surface area (TPSA) is 42.4 Å². The predicted octanol–water partition coefficient (Wildman–Crippen LogP) is 5.38. The van der Waals surface area contributed by atoms with Crippen molar-refractivity contribution in [1.82, 2.24) is 9.88 Å². The molecule has 0 N–H and O–H groups in total. The molecule has 2 heterocycles. The molecule has 2 aliphatic rings. The largest absolute Gasteiger partial charge is 0.490 e. The SMILES string of the molecule is Cc1c(-c2ccc(OC3CCN(C(=O)C4CCC4)CC3)cc2)cnc2ccccc12. The van der Waals surface area contributed by atoms with E-state index in [0.717, 1.165) is 61.2 Å². The van der Waals surface area contributed by atoms with Crippen LogP contribution >= 0.6 is 0 Å². The van der Waals surface area contributed by atoms with E-state index in [1.54, 1.807) is 0 Å². The van der Waals surface area contributed by atoms with Crippen molar-refractivity contribution in [2.45, 2.75) is 45.1 Å². The van der Waals surface area contributed by atoms with Gasteiger partial charge in [-0.05, 0) is 49.1 Å². The van der Waals surface area contributed by atoms with Crippen LogP contribution < -0.4 is 4.74 Å². The predicted molar refractivity (Wildman–Crippen MR) is 119 cm³/mol. The first-order valence-corrected chi connectivity index (χ1v) is 11.1. The summed E-state index contributed by atoms with van der Waals surface area (Å²) in [6, 6.07) is 16.6. The number of ether oxygens (including phenoxy) is 1. The van der Waals surface area contributed by atoms with Gasteiger partial charge in [-0.3, -0.25) is 9.78 Å². The van der Waals surface area contributed by atoms with Crippen LogP contribution in [-0.2, 0) is 4.79 Å². The van der Waals surface area contributed by atoms with Crippen molar-refractivity contribution < 1.29 is 9.53 Å². The maximum absolute atomic E-state index is 12.4. The number of likely N-dealkylation sites (tertiary alicyclic amines) is 1. The average Bonchev–Trinajstić information content (AvgIpc) is 2.74. The molecule has 1 amide bonds. The van der Waals surface area contributed by atoms with Crippen LogP contribution in [-0.4, -0.2) is 35.0 Å². The van der Waals surface area contributed by atoms with Gasteiger partial charge in [-0.1, -0.05) is 36.8 Å². The molecule has 0 bridgehead atoms. The Morgan fingerprint density at radius 1 is 1.00 bits per heavy atom. The molecule has 4 heteroatoms. The minimum atomic E-state index is 0.186. The third kappa shape index (κ3) is 3.67. The Bertz CT molecular complexity index is 1050. The highest BCUT2D eigenvalue weighted by atomic mass is 16.5. The summed E-state index contributed by atoms with van der Waals surface area (Å²) < 4.78 is 6.22. The minimum absolute atomic E-state index is 0.186. The van der Waals surface area contributed by atoms with Gasteiger partial charge in [-0.2, -0.15) is 0 Å². The number of benzene rings is 2. The molecule has 1 aromatic heterocycles. The summed E-state index contributed by atoms with van der Waals surface area (Å²) >= 11 is 0. The molecule has 3 aromatic rings. The van der Waals surface area contributed by atoms with E-state index in [1.165, 1.54) is 17.4 Å². The van der Waals surface area contributed by atoms with Crippen molar-refractivity contribution in [2.75, 3.05) is 13.1 Å². The van der Waals surface area contributed by atoms with Crippen LogP contribution in [0.5, 0.6) is 5.75 Å². The quantitative estimate of drug-likeness (QED) is 0.590. The van der Waals surface area contributed by atoms with E-state index in [2.05, 4.69) is 48.3 Å². The minimum Gasteiger partial charge on any atom is -0.490 e. The molecule has 0 unspecified atom stereocenters. The van der Waals surface area contributed by atoms with Gasteiger partial charge in [0.25, 0.3) is 0 Å². The van der Waals surface area contributed by atoms with Crippen molar-refractivity contribution in [1.29, 1.82) is 0 Å². The molecule has 0 atom stereocenters. The number of carbonyl (C=O) groups is 1. The van der Waals surface area contributed by atoms with Gasteiger partial charge in [0, 0.05) is 49.0 Å². The summed E-state index contributed by atoms with van der Waals surface area (Å²) in [7, 11) is 0. The Morgan fingerprint density at radius 3 is 2.43 bits per heavy atom. The van der Waals surface area contributed by atoms with E-state index < -0.39 is 0 Å². The Morgan fingerprint density at radius 2 is 1.73 bits per heavy atom. The zero-order chi connectivity index (χ0) is 20.5. The zero-order valence-electron chi connectivity index (χ0n) is 17.5. The van der Waals surface area contributed by atoms with Gasteiger partial charge in [0.1, 0.15) is 11.9 Å². The number of aromatic nitrogens is 1. The fourth-order valence-electron chi connectivity index (χ4n) is 4.58. The molecule has 2 fully saturated rings. The lowest BCUT2D eigenvalue weighted by Crippen LogP contribution is -2.45. The summed E-state index contributed by atoms with van der Waals surface area (Å²) in [5, 5.41) is 1.19. The van der Waals surface area contributed by atoms with Crippen molar-refractivity contribution >= 4 is 16.8 Å². The van der Waals surface area contributed by atoms with Gasteiger partial charge in [0.2, 0.25) is 5.91 Å². The molecule has 30 heavy (non-hydrogen) atoms. The third-order valence-corrected chi connectivity index (χ3v) is 6.72. The second-order valence-electron chi connectivity index (χ2n) is 8.61. The maximum atomic E-state index is 12.4. The zero-order valence-corrected chi connectivity index (χ0v) is 17.5. The van der Waals surface area contributed by atoms with E-state index in [4.69, 9.17) is 4.74 Å². The number of rotatable bonds is 4. The summed E-state index contributed by atoms with van der Waals surface area (Å²) in [5.74, 6) is 1.56. The van der Waals surface area contributed by atoms with Crippen LogP contribution in [0.3, 0.4) is 0 Å². The molecule has 2 aromatic carbocycles. The number of para-hydroxylation sites is 1. The second-order valence-corrected chi connectivity index (χ2v) is 8.61. The smallest absolute Gasteiger partial charge is 0.225 e. The van der Waals surface area contributed by atoms with E-state index in [0.29, 0.717) is 11.8 Å². The van der Waals surface area contributed by atoms with Crippen molar-refractivity contribution in [2.24, 2.45) is 5.92 Å². The highest BCUT2D eigenvalue weighted by Crippen LogP contribution is 2.31. The fraction of sp³-hybridized carbons (Fsp3) is 0.385. The van der Waals surface area contributed by atoms with E-state index in [1.807, 2.05) is 23.2 Å². The monoisotopic (exact) mass is 400 g/mol.